The van der Waals surface area contributed by atoms with Crippen LogP contribution in [0.3, 0.4) is 0 Å². The first-order valence-corrected chi connectivity index (χ1v) is 6.76. The molecular weight excluding hydrogens is 248 g/mol. The third kappa shape index (κ3) is 2.17. The van der Waals surface area contributed by atoms with Crippen LogP contribution in [-0.4, -0.2) is 20.5 Å². The summed E-state index contributed by atoms with van der Waals surface area (Å²) in [4.78, 5) is 0. The molecule has 2 nitrogen and oxygen atoms in total. The predicted octanol–water partition coefficient (Wildman–Crippen LogP) is 3.94. The van der Waals surface area contributed by atoms with Crippen molar-refractivity contribution in [2.24, 2.45) is 0 Å². The molecule has 3 rings (SSSR count). The second kappa shape index (κ2) is 5.61. The maximum atomic E-state index is 5.53. The molecule has 0 aromatic heterocycles. The van der Waals surface area contributed by atoms with E-state index < -0.39 is 0 Å². The first-order valence-electron chi connectivity index (χ1n) is 6.76. The lowest BCUT2D eigenvalue weighted by Crippen LogP contribution is -2.23. The van der Waals surface area contributed by atoms with Gasteiger partial charge in [0.05, 0.1) is 5.92 Å². The molecule has 0 amide bonds. The van der Waals surface area contributed by atoms with Crippen molar-refractivity contribution < 1.29 is 9.47 Å². The van der Waals surface area contributed by atoms with E-state index in [1.165, 1.54) is 22.3 Å². The van der Waals surface area contributed by atoms with Gasteiger partial charge in [0, 0.05) is 14.2 Å². The zero-order valence-electron chi connectivity index (χ0n) is 11.7. The van der Waals surface area contributed by atoms with Crippen molar-refractivity contribution >= 4 is 11.6 Å². The number of methoxy groups -OCH3 is 2. The third-order valence-corrected chi connectivity index (χ3v) is 3.82. The average molecular weight is 266 g/mol. The Morgan fingerprint density at radius 1 is 0.850 bits per heavy atom. The summed E-state index contributed by atoms with van der Waals surface area (Å²) in [6.45, 7) is 0. The van der Waals surface area contributed by atoms with Gasteiger partial charge in [-0.2, -0.15) is 0 Å². The number of hydrogen-bond acceptors (Lipinski definition) is 2. The van der Waals surface area contributed by atoms with E-state index in [1.54, 1.807) is 14.2 Å². The first kappa shape index (κ1) is 13.1. The molecule has 2 aromatic rings. The standard InChI is InChI=1S/C18H18O2/c1-19-18(20-2)17-15-11-7-6-10-14(15)12-16(17)13-8-4-3-5-9-13/h3-12,17-18H,1-2H3. The van der Waals surface area contributed by atoms with Crippen LogP contribution in [0, 0.1) is 0 Å². The van der Waals surface area contributed by atoms with Crippen LogP contribution < -0.4 is 0 Å². The third-order valence-electron chi connectivity index (χ3n) is 3.82. The zero-order chi connectivity index (χ0) is 13.9. The van der Waals surface area contributed by atoms with Gasteiger partial charge in [0.15, 0.2) is 6.29 Å². The van der Waals surface area contributed by atoms with Crippen molar-refractivity contribution in [1.82, 2.24) is 0 Å². The monoisotopic (exact) mass is 266 g/mol. The van der Waals surface area contributed by atoms with Crippen LogP contribution >= 0.6 is 0 Å². The van der Waals surface area contributed by atoms with Crippen LogP contribution in [0.5, 0.6) is 0 Å². The van der Waals surface area contributed by atoms with Gasteiger partial charge in [0.1, 0.15) is 0 Å². The van der Waals surface area contributed by atoms with Gasteiger partial charge < -0.3 is 9.47 Å². The Hall–Kier alpha value is -1.90. The van der Waals surface area contributed by atoms with Crippen LogP contribution in [0.15, 0.2) is 54.6 Å². The van der Waals surface area contributed by atoms with Gasteiger partial charge >= 0.3 is 0 Å². The Balaban J connectivity index is 2.09. The molecule has 0 bridgehead atoms. The van der Waals surface area contributed by atoms with Gasteiger partial charge in [-0.15, -0.1) is 0 Å². The summed E-state index contributed by atoms with van der Waals surface area (Å²) in [6, 6.07) is 18.8. The molecule has 0 saturated carbocycles. The molecule has 1 unspecified atom stereocenters. The summed E-state index contributed by atoms with van der Waals surface area (Å²) in [7, 11) is 3.38. The highest BCUT2D eigenvalue weighted by molar-refractivity contribution is 5.91. The molecule has 1 atom stereocenters. The first-order chi connectivity index (χ1) is 9.85. The van der Waals surface area contributed by atoms with Crippen LogP contribution in [-0.2, 0) is 9.47 Å². The Morgan fingerprint density at radius 2 is 1.50 bits per heavy atom. The van der Waals surface area contributed by atoms with Crippen molar-refractivity contribution in [3.63, 3.8) is 0 Å². The maximum Gasteiger partial charge on any atom is 0.167 e. The summed E-state index contributed by atoms with van der Waals surface area (Å²) in [6.07, 6.45) is 1.96. The quantitative estimate of drug-likeness (QED) is 0.780. The molecular formula is C18H18O2. The molecule has 0 radical (unpaired) electrons. The lowest BCUT2D eigenvalue weighted by molar-refractivity contribution is -0.107. The number of rotatable bonds is 4. The van der Waals surface area contributed by atoms with E-state index in [0.29, 0.717) is 0 Å². The molecule has 2 heteroatoms. The lowest BCUT2D eigenvalue weighted by atomic mass is 9.90. The molecule has 20 heavy (non-hydrogen) atoms. The minimum atomic E-state index is -0.273. The van der Waals surface area contributed by atoms with Gasteiger partial charge in [-0.3, -0.25) is 0 Å². The predicted molar refractivity (Wildman–Crippen MR) is 81.3 cm³/mol. The van der Waals surface area contributed by atoms with Gasteiger partial charge in [-0.05, 0) is 22.3 Å². The van der Waals surface area contributed by atoms with E-state index in [9.17, 15) is 0 Å². The largest absolute Gasteiger partial charge is 0.355 e. The average Bonchev–Trinajstić information content (AvgIpc) is 2.89. The van der Waals surface area contributed by atoms with Gasteiger partial charge in [0.2, 0.25) is 0 Å². The zero-order valence-corrected chi connectivity index (χ0v) is 11.7. The molecule has 1 aliphatic carbocycles. The van der Waals surface area contributed by atoms with Gasteiger partial charge in [0.25, 0.3) is 0 Å². The number of fused-ring (bicyclic) bond motifs is 1. The Morgan fingerprint density at radius 3 is 2.20 bits per heavy atom. The van der Waals surface area contributed by atoms with Crippen LogP contribution in [0.4, 0.5) is 0 Å². The van der Waals surface area contributed by atoms with E-state index in [1.807, 2.05) is 6.07 Å². The minimum absolute atomic E-state index is 0.114. The number of benzene rings is 2. The van der Waals surface area contributed by atoms with E-state index >= 15 is 0 Å². The second-order valence-corrected chi connectivity index (χ2v) is 4.91. The lowest BCUT2D eigenvalue weighted by Gasteiger charge is -2.25. The van der Waals surface area contributed by atoms with Crippen molar-refractivity contribution in [1.29, 1.82) is 0 Å². The Labute approximate surface area is 119 Å². The molecule has 0 aliphatic heterocycles. The highest BCUT2D eigenvalue weighted by Crippen LogP contribution is 2.44. The van der Waals surface area contributed by atoms with Crippen LogP contribution in [0.2, 0.25) is 0 Å². The van der Waals surface area contributed by atoms with Crippen molar-refractivity contribution in [2.75, 3.05) is 14.2 Å². The van der Waals surface area contributed by atoms with E-state index in [-0.39, 0.29) is 12.2 Å². The second-order valence-electron chi connectivity index (χ2n) is 4.91. The summed E-state index contributed by atoms with van der Waals surface area (Å²) in [5.41, 5.74) is 4.98. The Bertz CT molecular complexity index is 612. The Kier molecular flexibility index (Phi) is 3.68. The topological polar surface area (TPSA) is 18.5 Å². The molecule has 2 aromatic carbocycles. The molecule has 0 fully saturated rings. The maximum absolute atomic E-state index is 5.53. The highest BCUT2D eigenvalue weighted by atomic mass is 16.7. The highest BCUT2D eigenvalue weighted by Gasteiger charge is 2.33. The van der Waals surface area contributed by atoms with E-state index in [0.717, 1.165) is 0 Å². The van der Waals surface area contributed by atoms with Crippen LogP contribution in [0.1, 0.15) is 22.6 Å². The van der Waals surface area contributed by atoms with Crippen LogP contribution in [0.25, 0.3) is 11.6 Å². The summed E-state index contributed by atoms with van der Waals surface area (Å²) < 4.78 is 11.1. The SMILES string of the molecule is COC(OC)C1C(c2ccccc2)=Cc2ccccc21. The molecule has 0 spiro atoms. The van der Waals surface area contributed by atoms with Crippen molar-refractivity contribution in [2.45, 2.75) is 12.2 Å². The molecule has 0 saturated heterocycles. The number of ether oxygens (including phenoxy) is 2. The minimum Gasteiger partial charge on any atom is -0.355 e. The van der Waals surface area contributed by atoms with E-state index in [2.05, 4.69) is 54.6 Å². The normalized spacial score (nSPS) is 17.1. The molecule has 1 aliphatic rings. The number of hydrogen-bond donors (Lipinski definition) is 0. The molecule has 102 valence electrons. The fourth-order valence-corrected chi connectivity index (χ4v) is 2.91. The molecule has 0 N–H and O–H groups in total. The van der Waals surface area contributed by atoms with Gasteiger partial charge in [-0.25, -0.2) is 0 Å². The van der Waals surface area contributed by atoms with E-state index in [4.69, 9.17) is 9.47 Å². The summed E-state index contributed by atoms with van der Waals surface area (Å²) in [5.74, 6) is 0.114. The fourth-order valence-electron chi connectivity index (χ4n) is 2.91. The smallest absolute Gasteiger partial charge is 0.167 e. The molecule has 0 heterocycles. The van der Waals surface area contributed by atoms with Gasteiger partial charge in [-0.1, -0.05) is 60.7 Å². The summed E-state index contributed by atoms with van der Waals surface area (Å²) in [5, 5.41) is 0. The fraction of sp³-hybridized carbons (Fsp3) is 0.222. The van der Waals surface area contributed by atoms with Crippen molar-refractivity contribution in [3.8, 4) is 0 Å². The van der Waals surface area contributed by atoms with Crippen molar-refractivity contribution in [3.05, 3.63) is 71.3 Å². The summed E-state index contributed by atoms with van der Waals surface area (Å²) >= 11 is 0.